The largest absolute Gasteiger partial charge is 0.481 e. The normalized spacial score (nSPS) is 20.2. The lowest BCUT2D eigenvalue weighted by molar-refractivity contribution is -0.137. The summed E-state index contributed by atoms with van der Waals surface area (Å²) in [6, 6.07) is 10.3. The van der Waals surface area contributed by atoms with Crippen LogP contribution in [0.3, 0.4) is 0 Å². The van der Waals surface area contributed by atoms with Crippen LogP contribution in [0.2, 0.25) is 0 Å². The topological polar surface area (TPSA) is 54.4 Å². The van der Waals surface area contributed by atoms with Gasteiger partial charge in [-0.15, -0.1) is 11.8 Å². The Morgan fingerprint density at radius 3 is 2.76 bits per heavy atom. The van der Waals surface area contributed by atoms with Crippen LogP contribution in [0.4, 0.5) is 0 Å². The molecule has 1 aromatic rings. The van der Waals surface area contributed by atoms with Crippen molar-refractivity contribution in [3.63, 3.8) is 0 Å². The van der Waals surface area contributed by atoms with Crippen molar-refractivity contribution in [2.24, 2.45) is 11.8 Å². The highest BCUT2D eigenvalue weighted by Crippen LogP contribution is 2.41. The van der Waals surface area contributed by atoms with Gasteiger partial charge < -0.3 is 5.11 Å². The Kier molecular flexibility index (Phi) is 7.99. The number of hydrogen-bond donors (Lipinski definition) is 1. The number of ketones is 1. The van der Waals surface area contributed by atoms with Gasteiger partial charge in [-0.05, 0) is 42.1 Å². The minimum atomic E-state index is -0.758. The maximum atomic E-state index is 12.2. The zero-order valence-corrected chi connectivity index (χ0v) is 15.3. The Bertz CT molecular complexity index is 621. The molecule has 1 fully saturated rings. The second-order valence-electron chi connectivity index (χ2n) is 6.45. The maximum absolute atomic E-state index is 12.2. The van der Waals surface area contributed by atoms with Crippen LogP contribution in [-0.2, 0) is 15.3 Å². The van der Waals surface area contributed by atoms with Gasteiger partial charge in [-0.3, -0.25) is 9.59 Å². The molecule has 0 aliphatic heterocycles. The molecule has 0 bridgehead atoms. The maximum Gasteiger partial charge on any atom is 0.303 e. The van der Waals surface area contributed by atoms with Crippen LogP contribution >= 0.6 is 11.8 Å². The number of Topliss-reactive ketones (excluding diaryl/α,β-unsaturated/α-hetero) is 1. The van der Waals surface area contributed by atoms with Crippen molar-refractivity contribution in [2.75, 3.05) is 0 Å². The molecular weight excluding hydrogens is 332 g/mol. The summed E-state index contributed by atoms with van der Waals surface area (Å²) in [7, 11) is 0. The number of unbranched alkanes of at least 4 members (excludes halogenated alkanes) is 1. The number of allylic oxidation sites excluding steroid dienone is 3. The van der Waals surface area contributed by atoms with E-state index < -0.39 is 5.97 Å². The minimum Gasteiger partial charge on any atom is -0.481 e. The average Bonchev–Trinajstić information content (AvgIpc) is 2.97. The van der Waals surface area contributed by atoms with E-state index in [0.717, 1.165) is 29.9 Å². The number of carboxylic acid groups (broad SMARTS) is 1. The van der Waals surface area contributed by atoms with Gasteiger partial charge in [0.05, 0.1) is 0 Å². The monoisotopic (exact) mass is 358 g/mol. The Morgan fingerprint density at radius 2 is 2.04 bits per heavy atom. The van der Waals surface area contributed by atoms with E-state index in [2.05, 4.69) is 18.7 Å². The number of carbonyl (C=O) groups is 2. The van der Waals surface area contributed by atoms with Crippen LogP contribution < -0.4 is 0 Å². The molecule has 1 aromatic carbocycles. The van der Waals surface area contributed by atoms with E-state index in [1.807, 2.05) is 30.4 Å². The fourth-order valence-electron chi connectivity index (χ4n) is 3.18. The Labute approximate surface area is 154 Å². The summed E-state index contributed by atoms with van der Waals surface area (Å²) >= 11 is 1.75. The van der Waals surface area contributed by atoms with Crippen molar-refractivity contribution in [3.8, 4) is 0 Å². The summed E-state index contributed by atoms with van der Waals surface area (Å²) in [6.07, 6.45) is 7.92. The standard InChI is InChI=1S/C21H26O3S/c1-16(25-15-17-9-5-4-6-10-17)18-13-14-20(22)19(18)11-7-2-3-8-12-21(23)24/h2,4-7,9-10,18-19H,1,3,8,11-15H2,(H,23,24)/b7-2+/t18-,19-/m1/s1. The van der Waals surface area contributed by atoms with Gasteiger partial charge in [-0.25, -0.2) is 0 Å². The molecule has 0 amide bonds. The Hall–Kier alpha value is -1.81. The highest BCUT2D eigenvalue weighted by Gasteiger charge is 2.35. The first kappa shape index (κ1) is 19.5. The first-order valence-electron chi connectivity index (χ1n) is 8.83. The van der Waals surface area contributed by atoms with E-state index in [1.165, 1.54) is 5.56 Å². The molecule has 0 radical (unpaired) electrons. The van der Waals surface area contributed by atoms with E-state index in [4.69, 9.17) is 5.11 Å². The molecular formula is C21H26O3S. The molecule has 0 unspecified atom stereocenters. The summed E-state index contributed by atoms with van der Waals surface area (Å²) < 4.78 is 0. The van der Waals surface area contributed by atoms with Crippen molar-refractivity contribution in [2.45, 2.75) is 44.3 Å². The molecule has 4 heteroatoms. The van der Waals surface area contributed by atoms with Crippen molar-refractivity contribution in [3.05, 3.63) is 59.5 Å². The molecule has 1 N–H and O–H groups in total. The van der Waals surface area contributed by atoms with Gasteiger partial charge in [-0.2, -0.15) is 0 Å². The minimum absolute atomic E-state index is 0.0338. The summed E-state index contributed by atoms with van der Waals surface area (Å²) in [5, 5.41) is 8.63. The van der Waals surface area contributed by atoms with Crippen LogP contribution in [0, 0.1) is 11.8 Å². The number of carbonyl (C=O) groups excluding carboxylic acids is 1. The molecule has 0 aromatic heterocycles. The van der Waals surface area contributed by atoms with Crippen molar-refractivity contribution in [1.29, 1.82) is 0 Å². The number of carboxylic acids is 1. The number of rotatable bonds is 10. The molecule has 134 valence electrons. The average molecular weight is 359 g/mol. The first-order chi connectivity index (χ1) is 12.1. The predicted octanol–water partition coefficient (Wildman–Crippen LogP) is 5.23. The lowest BCUT2D eigenvalue weighted by Gasteiger charge is -2.19. The number of benzene rings is 1. The van der Waals surface area contributed by atoms with Gasteiger partial charge in [0.25, 0.3) is 0 Å². The molecule has 0 spiro atoms. The summed E-state index contributed by atoms with van der Waals surface area (Å²) in [5.41, 5.74) is 1.27. The molecule has 1 aliphatic rings. The van der Waals surface area contributed by atoms with Gasteiger partial charge >= 0.3 is 5.97 Å². The first-order valence-corrected chi connectivity index (χ1v) is 9.81. The number of hydrogen-bond acceptors (Lipinski definition) is 3. The van der Waals surface area contributed by atoms with Gasteiger partial charge in [0, 0.05) is 24.5 Å². The lowest BCUT2D eigenvalue weighted by atomic mass is 9.92. The van der Waals surface area contributed by atoms with Crippen LogP contribution in [0.5, 0.6) is 0 Å². The van der Waals surface area contributed by atoms with Crippen molar-refractivity contribution >= 4 is 23.5 Å². The highest BCUT2D eigenvalue weighted by molar-refractivity contribution is 8.02. The van der Waals surface area contributed by atoms with E-state index in [9.17, 15) is 9.59 Å². The van der Waals surface area contributed by atoms with Crippen LogP contribution in [0.15, 0.2) is 54.0 Å². The molecule has 25 heavy (non-hydrogen) atoms. The third-order valence-electron chi connectivity index (χ3n) is 4.60. The van der Waals surface area contributed by atoms with Crippen LogP contribution in [-0.4, -0.2) is 16.9 Å². The second kappa shape index (κ2) is 10.2. The summed E-state index contributed by atoms with van der Waals surface area (Å²) in [4.78, 5) is 23.8. The Morgan fingerprint density at radius 1 is 1.28 bits per heavy atom. The van der Waals surface area contributed by atoms with Gasteiger partial charge in [0.1, 0.15) is 5.78 Å². The molecule has 0 saturated heterocycles. The lowest BCUT2D eigenvalue weighted by Crippen LogP contribution is -2.14. The fourth-order valence-corrected chi connectivity index (χ4v) is 4.22. The molecule has 0 heterocycles. The zero-order chi connectivity index (χ0) is 18.1. The van der Waals surface area contributed by atoms with E-state index >= 15 is 0 Å². The summed E-state index contributed by atoms with van der Waals surface area (Å²) in [5.74, 6) is 0.756. The zero-order valence-electron chi connectivity index (χ0n) is 14.5. The van der Waals surface area contributed by atoms with Gasteiger partial charge in [0.2, 0.25) is 0 Å². The SMILES string of the molecule is C=C(SCc1ccccc1)[C@H]1CCC(=O)[C@@H]1C/C=C/CCCC(=O)O. The van der Waals surface area contributed by atoms with Crippen LogP contribution in [0.25, 0.3) is 0 Å². The number of thioether (sulfide) groups is 1. The van der Waals surface area contributed by atoms with Gasteiger partial charge in [-0.1, -0.05) is 49.1 Å². The quantitative estimate of drug-likeness (QED) is 0.459. The second-order valence-corrected chi connectivity index (χ2v) is 7.55. The molecule has 1 saturated carbocycles. The smallest absolute Gasteiger partial charge is 0.303 e. The molecule has 1 aliphatic carbocycles. The van der Waals surface area contributed by atoms with Crippen molar-refractivity contribution in [1.82, 2.24) is 0 Å². The van der Waals surface area contributed by atoms with Gasteiger partial charge in [0.15, 0.2) is 0 Å². The number of aliphatic carboxylic acids is 1. The van der Waals surface area contributed by atoms with Crippen LogP contribution in [0.1, 0.15) is 44.1 Å². The molecule has 2 atom stereocenters. The van der Waals surface area contributed by atoms with E-state index in [-0.39, 0.29) is 18.3 Å². The molecule has 3 nitrogen and oxygen atoms in total. The third-order valence-corrected chi connectivity index (χ3v) is 5.75. The third kappa shape index (κ3) is 6.54. The molecule has 2 rings (SSSR count). The van der Waals surface area contributed by atoms with Crippen molar-refractivity contribution < 1.29 is 14.7 Å². The predicted molar refractivity (Wildman–Crippen MR) is 103 cm³/mol. The fraction of sp³-hybridized carbons (Fsp3) is 0.429. The highest BCUT2D eigenvalue weighted by atomic mass is 32.2. The Balaban J connectivity index is 1.80. The van der Waals surface area contributed by atoms with E-state index in [0.29, 0.717) is 18.6 Å². The summed E-state index contributed by atoms with van der Waals surface area (Å²) in [6.45, 7) is 4.23. The van der Waals surface area contributed by atoms with E-state index in [1.54, 1.807) is 11.8 Å².